The third-order valence-corrected chi connectivity index (χ3v) is 5.72. The zero-order valence-electron chi connectivity index (χ0n) is 16.0. The normalized spacial score (nSPS) is 19.3. The van der Waals surface area contributed by atoms with Crippen LogP contribution < -0.4 is 5.32 Å². The summed E-state index contributed by atoms with van der Waals surface area (Å²) in [4.78, 5) is 35.9. The van der Waals surface area contributed by atoms with Crippen molar-refractivity contribution < 1.29 is 23.9 Å². The molecule has 1 unspecified atom stereocenters. The van der Waals surface area contributed by atoms with Crippen LogP contribution in [0.2, 0.25) is 0 Å². The van der Waals surface area contributed by atoms with Crippen molar-refractivity contribution in [3.05, 3.63) is 0 Å². The molecule has 0 bridgehead atoms. The Balaban J connectivity index is 1.68. The molecule has 0 aromatic heterocycles. The smallest absolute Gasteiger partial charge is 0.331 e. The van der Waals surface area contributed by atoms with Crippen LogP contribution >= 0.6 is 0 Å². The number of esters is 2. The van der Waals surface area contributed by atoms with Crippen molar-refractivity contribution in [3.63, 3.8) is 0 Å². The van der Waals surface area contributed by atoms with Gasteiger partial charge in [0.15, 0.2) is 6.04 Å². The lowest BCUT2D eigenvalue weighted by molar-refractivity contribution is -0.152. The Morgan fingerprint density at radius 3 is 2.00 bits per heavy atom. The summed E-state index contributed by atoms with van der Waals surface area (Å²) in [6.07, 6.45) is 12.2. The molecule has 2 rings (SSSR count). The molecule has 0 heterocycles. The van der Waals surface area contributed by atoms with Crippen molar-refractivity contribution in [2.75, 3.05) is 13.7 Å². The fourth-order valence-corrected chi connectivity index (χ4v) is 4.08. The molecule has 0 radical (unpaired) electrons. The van der Waals surface area contributed by atoms with Crippen molar-refractivity contribution in [3.8, 4) is 0 Å². The molecule has 1 amide bonds. The highest BCUT2D eigenvalue weighted by Crippen LogP contribution is 2.29. The predicted molar refractivity (Wildman–Crippen MR) is 97.3 cm³/mol. The monoisotopic (exact) mass is 367 g/mol. The van der Waals surface area contributed by atoms with Crippen LogP contribution in [-0.2, 0) is 23.9 Å². The number of carbonyl (C=O) groups excluding carboxylic acids is 3. The fraction of sp³-hybridized carbons (Fsp3) is 0.850. The minimum Gasteiger partial charge on any atom is -0.467 e. The van der Waals surface area contributed by atoms with Gasteiger partial charge in [-0.15, -0.1) is 0 Å². The molecule has 2 aliphatic carbocycles. The van der Waals surface area contributed by atoms with Crippen molar-refractivity contribution in [1.82, 2.24) is 5.32 Å². The van der Waals surface area contributed by atoms with Crippen LogP contribution in [0.5, 0.6) is 0 Å². The van der Waals surface area contributed by atoms with Gasteiger partial charge < -0.3 is 14.8 Å². The van der Waals surface area contributed by atoms with Gasteiger partial charge in [-0.25, -0.2) is 4.79 Å². The zero-order valence-corrected chi connectivity index (χ0v) is 16.0. The number of hydrogen-bond acceptors (Lipinski definition) is 5. The molecule has 0 saturated heterocycles. The summed E-state index contributed by atoms with van der Waals surface area (Å²) in [6.45, 7) is -0.161. The molecule has 1 N–H and O–H groups in total. The van der Waals surface area contributed by atoms with Gasteiger partial charge >= 0.3 is 11.9 Å². The van der Waals surface area contributed by atoms with Crippen LogP contribution in [0.4, 0.5) is 0 Å². The van der Waals surface area contributed by atoms with E-state index in [1.54, 1.807) is 0 Å². The van der Waals surface area contributed by atoms with Crippen molar-refractivity contribution in [2.24, 2.45) is 11.8 Å². The van der Waals surface area contributed by atoms with Gasteiger partial charge in [-0.2, -0.15) is 0 Å². The second-order valence-electron chi connectivity index (χ2n) is 7.70. The van der Waals surface area contributed by atoms with Gasteiger partial charge in [0.25, 0.3) is 0 Å². The highest BCUT2D eigenvalue weighted by Gasteiger charge is 2.25. The standard InChI is InChI=1S/C20H33NO5/c1-25-20(24)17(21-18(22)12-10-15-6-2-3-7-15)14-26-19(23)13-11-16-8-4-5-9-16/h15-17H,2-14H2,1H3,(H,21,22). The molecule has 2 fully saturated rings. The molecule has 6 nitrogen and oxygen atoms in total. The quantitative estimate of drug-likeness (QED) is 0.600. The molecule has 0 aromatic rings. The Hall–Kier alpha value is -1.59. The average molecular weight is 367 g/mol. The summed E-state index contributed by atoms with van der Waals surface area (Å²) >= 11 is 0. The second kappa shape index (κ2) is 11.2. The molecule has 0 spiro atoms. The Morgan fingerprint density at radius 1 is 0.923 bits per heavy atom. The Kier molecular flexibility index (Phi) is 8.92. The molecule has 148 valence electrons. The van der Waals surface area contributed by atoms with Crippen LogP contribution in [0.15, 0.2) is 0 Å². The number of ether oxygens (including phenoxy) is 2. The van der Waals surface area contributed by atoms with Crippen LogP contribution in [-0.4, -0.2) is 37.6 Å². The Bertz CT molecular complexity index is 467. The molecular formula is C20H33NO5. The first-order valence-corrected chi connectivity index (χ1v) is 10.1. The van der Waals surface area contributed by atoms with E-state index in [-0.39, 0.29) is 18.5 Å². The van der Waals surface area contributed by atoms with Crippen molar-refractivity contribution in [2.45, 2.75) is 83.1 Å². The maximum Gasteiger partial charge on any atom is 0.331 e. The molecule has 1 atom stereocenters. The highest BCUT2D eigenvalue weighted by molar-refractivity contribution is 5.84. The van der Waals surface area contributed by atoms with Crippen LogP contribution in [0.1, 0.15) is 77.0 Å². The van der Waals surface area contributed by atoms with Crippen LogP contribution in [0, 0.1) is 11.8 Å². The molecular weight excluding hydrogens is 334 g/mol. The molecule has 6 heteroatoms. The fourth-order valence-electron chi connectivity index (χ4n) is 4.08. The first-order valence-electron chi connectivity index (χ1n) is 10.1. The third-order valence-electron chi connectivity index (χ3n) is 5.72. The van der Waals surface area contributed by atoms with E-state index in [0.29, 0.717) is 24.7 Å². The van der Waals surface area contributed by atoms with Crippen LogP contribution in [0.3, 0.4) is 0 Å². The summed E-state index contributed by atoms with van der Waals surface area (Å²) in [5.74, 6) is 0.156. The lowest BCUT2D eigenvalue weighted by Crippen LogP contribution is -2.45. The first-order chi connectivity index (χ1) is 12.6. The number of amides is 1. The van der Waals surface area contributed by atoms with E-state index < -0.39 is 12.0 Å². The van der Waals surface area contributed by atoms with Gasteiger partial charge in [0.1, 0.15) is 6.61 Å². The zero-order chi connectivity index (χ0) is 18.8. The lowest BCUT2D eigenvalue weighted by atomic mass is 10.0. The van der Waals surface area contributed by atoms with Gasteiger partial charge in [-0.3, -0.25) is 9.59 Å². The number of carbonyl (C=O) groups is 3. The average Bonchev–Trinajstić information content (AvgIpc) is 3.34. The van der Waals surface area contributed by atoms with Gasteiger partial charge in [-0.1, -0.05) is 51.4 Å². The highest BCUT2D eigenvalue weighted by atomic mass is 16.5. The summed E-state index contributed by atoms with van der Waals surface area (Å²) < 4.78 is 9.93. The molecule has 2 aliphatic rings. The van der Waals surface area contributed by atoms with Gasteiger partial charge in [0.2, 0.25) is 5.91 Å². The van der Waals surface area contributed by atoms with Gasteiger partial charge in [0.05, 0.1) is 7.11 Å². The van der Waals surface area contributed by atoms with Crippen LogP contribution in [0.25, 0.3) is 0 Å². The Morgan fingerprint density at radius 2 is 1.46 bits per heavy atom. The van der Waals surface area contributed by atoms with E-state index in [9.17, 15) is 14.4 Å². The summed E-state index contributed by atoms with van der Waals surface area (Å²) in [5.41, 5.74) is 0. The van der Waals surface area contributed by atoms with E-state index >= 15 is 0 Å². The number of hydrogen-bond donors (Lipinski definition) is 1. The molecule has 0 aromatic carbocycles. The number of rotatable bonds is 10. The minimum absolute atomic E-state index is 0.161. The topological polar surface area (TPSA) is 81.7 Å². The van der Waals surface area contributed by atoms with E-state index in [1.807, 2.05) is 0 Å². The third kappa shape index (κ3) is 7.34. The Labute approximate surface area is 156 Å². The second-order valence-corrected chi connectivity index (χ2v) is 7.70. The van der Waals surface area contributed by atoms with Gasteiger partial charge in [0, 0.05) is 12.8 Å². The minimum atomic E-state index is -0.925. The summed E-state index contributed by atoms with van der Waals surface area (Å²) in [6, 6.07) is -0.925. The number of nitrogens with one attached hydrogen (secondary N) is 1. The predicted octanol–water partition coefficient (Wildman–Crippen LogP) is 3.13. The summed E-state index contributed by atoms with van der Waals surface area (Å²) in [7, 11) is 1.27. The first kappa shape index (κ1) is 20.7. The van der Waals surface area contributed by atoms with E-state index in [4.69, 9.17) is 9.47 Å². The van der Waals surface area contributed by atoms with Crippen molar-refractivity contribution >= 4 is 17.8 Å². The SMILES string of the molecule is COC(=O)C(COC(=O)CCC1CCCC1)NC(=O)CCC1CCCC1. The van der Waals surface area contributed by atoms with Crippen molar-refractivity contribution in [1.29, 1.82) is 0 Å². The number of methoxy groups -OCH3 is 1. The molecule has 26 heavy (non-hydrogen) atoms. The summed E-state index contributed by atoms with van der Waals surface area (Å²) in [5, 5.41) is 2.65. The largest absolute Gasteiger partial charge is 0.467 e. The van der Waals surface area contributed by atoms with Gasteiger partial charge in [-0.05, 0) is 24.7 Å². The lowest BCUT2D eigenvalue weighted by Gasteiger charge is -2.17. The van der Waals surface area contributed by atoms with E-state index in [1.165, 1.54) is 58.5 Å². The van der Waals surface area contributed by atoms with E-state index in [2.05, 4.69) is 5.32 Å². The molecule has 0 aliphatic heterocycles. The van der Waals surface area contributed by atoms with E-state index in [0.717, 1.165) is 12.8 Å². The maximum atomic E-state index is 12.1. The maximum absolute atomic E-state index is 12.1. The molecule has 2 saturated carbocycles.